The molecule has 4 nitrogen and oxygen atoms in total. The van der Waals surface area contributed by atoms with Gasteiger partial charge in [-0.15, -0.1) is 9.90 Å². The number of benzene rings is 1. The minimum absolute atomic E-state index is 0.377. The van der Waals surface area contributed by atoms with Crippen molar-refractivity contribution >= 4 is 17.4 Å². The number of nitrogens with zero attached hydrogens (tertiary/aromatic N) is 3. The summed E-state index contributed by atoms with van der Waals surface area (Å²) in [6, 6.07) is 5.67. The van der Waals surface area contributed by atoms with Crippen LogP contribution in [-0.4, -0.2) is 15.0 Å². The van der Waals surface area contributed by atoms with Gasteiger partial charge in [-0.05, 0) is 18.6 Å². The minimum atomic E-state index is 0.377. The molecule has 2 N–H and O–H groups in total. The Morgan fingerprint density at radius 2 is 2.21 bits per heavy atom. The van der Waals surface area contributed by atoms with Crippen LogP contribution in [0.25, 0.3) is 5.69 Å². The third kappa shape index (κ3) is 1.44. The van der Waals surface area contributed by atoms with Crippen LogP contribution >= 0.6 is 11.6 Å². The first-order valence-electron chi connectivity index (χ1n) is 4.12. The van der Waals surface area contributed by atoms with Crippen LogP contribution in [0.4, 0.5) is 5.82 Å². The van der Waals surface area contributed by atoms with Gasteiger partial charge in [0, 0.05) is 0 Å². The maximum atomic E-state index is 6.10. The van der Waals surface area contributed by atoms with Crippen molar-refractivity contribution in [3.8, 4) is 5.69 Å². The molecule has 0 bridgehead atoms. The van der Waals surface area contributed by atoms with Gasteiger partial charge in [0.15, 0.2) is 5.82 Å². The zero-order chi connectivity index (χ0) is 10.1. The molecule has 1 aromatic heterocycles. The maximum absolute atomic E-state index is 6.10. The van der Waals surface area contributed by atoms with E-state index in [1.54, 1.807) is 0 Å². The largest absolute Gasteiger partial charge is 0.381 e. The van der Waals surface area contributed by atoms with E-state index < -0.39 is 0 Å². The van der Waals surface area contributed by atoms with Gasteiger partial charge >= 0.3 is 0 Å². The summed E-state index contributed by atoms with van der Waals surface area (Å²) in [5.74, 6) is 0.377. The van der Waals surface area contributed by atoms with Gasteiger partial charge in [-0.3, -0.25) is 0 Å². The number of nitrogens with two attached hydrogens (primary N) is 1. The number of aromatic nitrogens is 3. The van der Waals surface area contributed by atoms with Gasteiger partial charge in [0.1, 0.15) is 5.69 Å². The van der Waals surface area contributed by atoms with Gasteiger partial charge in [-0.2, -0.15) is 5.10 Å². The van der Waals surface area contributed by atoms with Gasteiger partial charge in [-0.25, -0.2) is 0 Å². The first kappa shape index (κ1) is 9.02. The average Bonchev–Trinajstić information content (AvgIpc) is 2.57. The summed E-state index contributed by atoms with van der Waals surface area (Å²) < 4.78 is 0. The molecule has 5 heteroatoms. The molecule has 0 aliphatic heterocycles. The summed E-state index contributed by atoms with van der Waals surface area (Å²) in [5.41, 5.74) is 7.19. The van der Waals surface area contributed by atoms with Crippen LogP contribution in [0.15, 0.2) is 24.4 Å². The Labute approximate surface area is 86.3 Å². The van der Waals surface area contributed by atoms with Crippen molar-refractivity contribution < 1.29 is 0 Å². The predicted molar refractivity (Wildman–Crippen MR) is 55.5 cm³/mol. The molecule has 0 aliphatic rings. The monoisotopic (exact) mass is 208 g/mol. The highest BCUT2D eigenvalue weighted by atomic mass is 35.5. The van der Waals surface area contributed by atoms with Crippen LogP contribution in [0.3, 0.4) is 0 Å². The fourth-order valence-electron chi connectivity index (χ4n) is 1.18. The number of hydrogen-bond acceptors (Lipinski definition) is 3. The van der Waals surface area contributed by atoms with Crippen LogP contribution in [0.1, 0.15) is 5.56 Å². The van der Waals surface area contributed by atoms with Crippen molar-refractivity contribution in [1.82, 2.24) is 15.0 Å². The molecule has 0 atom stereocenters. The Balaban J connectivity index is 2.57. The number of hydrogen-bond donors (Lipinski definition) is 1. The minimum Gasteiger partial charge on any atom is -0.381 e. The summed E-state index contributed by atoms with van der Waals surface area (Å²) in [5, 5.41) is 8.61. The van der Waals surface area contributed by atoms with E-state index in [4.69, 9.17) is 17.3 Å². The van der Waals surface area contributed by atoms with E-state index in [0.29, 0.717) is 10.8 Å². The van der Waals surface area contributed by atoms with E-state index in [1.807, 2.05) is 25.1 Å². The van der Waals surface area contributed by atoms with Gasteiger partial charge in [0.25, 0.3) is 0 Å². The van der Waals surface area contributed by atoms with Crippen molar-refractivity contribution in [2.24, 2.45) is 0 Å². The molecule has 0 aliphatic carbocycles. The SMILES string of the molecule is Cc1cccc(-n2ncc(N)n2)c1Cl. The van der Waals surface area contributed by atoms with E-state index >= 15 is 0 Å². The highest BCUT2D eigenvalue weighted by Gasteiger charge is 2.06. The molecule has 14 heavy (non-hydrogen) atoms. The van der Waals surface area contributed by atoms with E-state index in [0.717, 1.165) is 11.3 Å². The summed E-state index contributed by atoms with van der Waals surface area (Å²) >= 11 is 6.10. The van der Waals surface area contributed by atoms with E-state index in [2.05, 4.69) is 10.2 Å². The van der Waals surface area contributed by atoms with Crippen molar-refractivity contribution in [3.05, 3.63) is 35.0 Å². The highest BCUT2D eigenvalue weighted by Crippen LogP contribution is 2.22. The molecular formula is C9H9ClN4. The molecule has 0 amide bonds. The number of nitrogen functional groups attached to an aromatic ring is 1. The third-order valence-electron chi connectivity index (χ3n) is 1.90. The molecular weight excluding hydrogens is 200 g/mol. The Hall–Kier alpha value is -1.55. The van der Waals surface area contributed by atoms with E-state index in [-0.39, 0.29) is 0 Å². The lowest BCUT2D eigenvalue weighted by molar-refractivity contribution is 0.754. The molecule has 0 unspecified atom stereocenters. The van der Waals surface area contributed by atoms with Crippen LogP contribution in [0.5, 0.6) is 0 Å². The quantitative estimate of drug-likeness (QED) is 0.778. The Morgan fingerprint density at radius 3 is 2.86 bits per heavy atom. The smallest absolute Gasteiger partial charge is 0.166 e. The summed E-state index contributed by atoms with van der Waals surface area (Å²) in [4.78, 5) is 1.42. The predicted octanol–water partition coefficient (Wildman–Crippen LogP) is 1.81. The van der Waals surface area contributed by atoms with Crippen LogP contribution < -0.4 is 5.73 Å². The summed E-state index contributed by atoms with van der Waals surface area (Å²) in [6.07, 6.45) is 1.48. The first-order valence-corrected chi connectivity index (χ1v) is 4.49. The second kappa shape index (κ2) is 3.31. The highest BCUT2D eigenvalue weighted by molar-refractivity contribution is 6.33. The Kier molecular flexibility index (Phi) is 2.13. The van der Waals surface area contributed by atoms with Crippen LogP contribution in [0.2, 0.25) is 5.02 Å². The van der Waals surface area contributed by atoms with E-state index in [1.165, 1.54) is 11.0 Å². The standard InChI is InChI=1S/C9H9ClN4/c1-6-3-2-4-7(9(6)10)14-12-5-8(11)13-14/h2-5H,1H3,(H2,11,13). The average molecular weight is 209 g/mol. The summed E-state index contributed by atoms with van der Waals surface area (Å²) in [6.45, 7) is 1.93. The molecule has 0 radical (unpaired) electrons. The maximum Gasteiger partial charge on any atom is 0.166 e. The number of halogens is 1. The van der Waals surface area contributed by atoms with E-state index in [9.17, 15) is 0 Å². The molecule has 0 fully saturated rings. The molecule has 2 aromatic rings. The molecule has 0 spiro atoms. The number of aryl methyl sites for hydroxylation is 1. The van der Waals surface area contributed by atoms with Crippen molar-refractivity contribution in [1.29, 1.82) is 0 Å². The van der Waals surface area contributed by atoms with Gasteiger partial charge < -0.3 is 5.73 Å². The third-order valence-corrected chi connectivity index (χ3v) is 2.39. The molecule has 72 valence electrons. The molecule has 2 rings (SSSR count). The van der Waals surface area contributed by atoms with Crippen LogP contribution in [0, 0.1) is 6.92 Å². The second-order valence-electron chi connectivity index (χ2n) is 2.97. The zero-order valence-corrected chi connectivity index (χ0v) is 8.36. The lowest BCUT2D eigenvalue weighted by atomic mass is 10.2. The summed E-state index contributed by atoms with van der Waals surface area (Å²) in [7, 11) is 0. The zero-order valence-electron chi connectivity index (χ0n) is 7.61. The van der Waals surface area contributed by atoms with Gasteiger partial charge in [0.05, 0.1) is 11.2 Å². The number of rotatable bonds is 1. The number of anilines is 1. The molecule has 0 saturated heterocycles. The normalized spacial score (nSPS) is 10.4. The van der Waals surface area contributed by atoms with Gasteiger partial charge in [0.2, 0.25) is 0 Å². The first-order chi connectivity index (χ1) is 6.68. The molecule has 0 saturated carbocycles. The second-order valence-corrected chi connectivity index (χ2v) is 3.34. The van der Waals surface area contributed by atoms with Crippen molar-refractivity contribution in [3.63, 3.8) is 0 Å². The van der Waals surface area contributed by atoms with Crippen molar-refractivity contribution in [2.45, 2.75) is 6.92 Å². The molecule has 1 heterocycles. The fourth-order valence-corrected chi connectivity index (χ4v) is 1.38. The van der Waals surface area contributed by atoms with Gasteiger partial charge in [-0.1, -0.05) is 23.7 Å². The van der Waals surface area contributed by atoms with Crippen molar-refractivity contribution in [2.75, 3.05) is 5.73 Å². The lowest BCUT2D eigenvalue weighted by Crippen LogP contribution is -2.00. The topological polar surface area (TPSA) is 56.7 Å². The Bertz CT molecular complexity index is 464. The lowest BCUT2D eigenvalue weighted by Gasteiger charge is -2.04. The Morgan fingerprint density at radius 1 is 1.43 bits per heavy atom. The van der Waals surface area contributed by atoms with Crippen LogP contribution in [-0.2, 0) is 0 Å². The fraction of sp³-hybridized carbons (Fsp3) is 0.111. The molecule has 1 aromatic carbocycles.